The quantitative estimate of drug-likeness (QED) is 0.501. The summed E-state index contributed by atoms with van der Waals surface area (Å²) in [5, 5.41) is 12.2. The monoisotopic (exact) mass is 447 g/mol. The Hall–Kier alpha value is -2.85. The predicted molar refractivity (Wildman–Crippen MR) is 104 cm³/mol. The van der Waals surface area contributed by atoms with Crippen molar-refractivity contribution in [2.75, 3.05) is 5.32 Å². The third-order valence-electron chi connectivity index (χ3n) is 3.91. The highest BCUT2D eigenvalue weighted by atomic mass is 79.9. The summed E-state index contributed by atoms with van der Waals surface area (Å²) in [5.74, 6) is -0.519. The number of H-pyrrole nitrogens is 1. The summed E-state index contributed by atoms with van der Waals surface area (Å²) in [6.07, 6.45) is 1.36. The van der Waals surface area contributed by atoms with Crippen molar-refractivity contribution >= 4 is 49.1 Å². The number of hydrogen-bond donors (Lipinski definition) is 2. The lowest BCUT2D eigenvalue weighted by atomic mass is 10.2. The smallest absolute Gasteiger partial charge is 0.251 e. The van der Waals surface area contributed by atoms with E-state index in [0.29, 0.717) is 21.8 Å². The van der Waals surface area contributed by atoms with E-state index in [1.807, 2.05) is 0 Å². The first kappa shape index (κ1) is 17.6. The molecule has 0 saturated heterocycles. The highest BCUT2D eigenvalue weighted by molar-refractivity contribution is 9.10. The number of anilines is 1. The van der Waals surface area contributed by atoms with E-state index in [1.165, 1.54) is 35.9 Å². The van der Waals surface area contributed by atoms with Crippen molar-refractivity contribution in [1.82, 2.24) is 19.7 Å². The maximum atomic E-state index is 14.2. The SMILES string of the molecule is O=C(Cn1c(=O)ccc2cccc(F)c21)Nc1scc(Br)c1-c1ncn[nH]1. The van der Waals surface area contributed by atoms with Gasteiger partial charge in [-0.05, 0) is 28.1 Å². The number of para-hydroxylation sites is 1. The number of aromatic nitrogens is 4. The summed E-state index contributed by atoms with van der Waals surface area (Å²) in [4.78, 5) is 28.9. The Morgan fingerprint density at radius 3 is 2.96 bits per heavy atom. The first-order valence-corrected chi connectivity index (χ1v) is 9.42. The van der Waals surface area contributed by atoms with Gasteiger partial charge in [0.1, 0.15) is 23.7 Å². The number of halogens is 2. The number of nitrogens with one attached hydrogen (secondary N) is 2. The van der Waals surface area contributed by atoms with Crippen LogP contribution in [0.3, 0.4) is 0 Å². The minimum absolute atomic E-state index is 0.1000. The van der Waals surface area contributed by atoms with E-state index >= 15 is 0 Å². The van der Waals surface area contributed by atoms with Crippen molar-refractivity contribution in [1.29, 1.82) is 0 Å². The second-order valence-electron chi connectivity index (χ2n) is 5.61. The number of hydrogen-bond acceptors (Lipinski definition) is 5. The molecule has 1 amide bonds. The summed E-state index contributed by atoms with van der Waals surface area (Å²) in [5.41, 5.74) is 0.302. The lowest BCUT2D eigenvalue weighted by molar-refractivity contribution is -0.116. The summed E-state index contributed by atoms with van der Waals surface area (Å²) in [6.45, 7) is -0.317. The van der Waals surface area contributed by atoms with Gasteiger partial charge in [-0.1, -0.05) is 12.1 Å². The van der Waals surface area contributed by atoms with Crippen molar-refractivity contribution in [3.8, 4) is 11.4 Å². The molecule has 0 aliphatic heterocycles. The molecule has 136 valence electrons. The van der Waals surface area contributed by atoms with Gasteiger partial charge in [0.15, 0.2) is 5.82 Å². The van der Waals surface area contributed by atoms with E-state index in [4.69, 9.17) is 0 Å². The van der Waals surface area contributed by atoms with Gasteiger partial charge < -0.3 is 5.32 Å². The molecular formula is C17H11BrFN5O2S. The molecule has 3 aromatic heterocycles. The molecule has 4 rings (SSSR count). The normalized spacial score (nSPS) is 11.0. The lowest BCUT2D eigenvalue weighted by Crippen LogP contribution is -2.27. The number of amides is 1. The van der Waals surface area contributed by atoms with E-state index in [2.05, 4.69) is 36.4 Å². The molecule has 0 aliphatic rings. The standard InChI is InChI=1S/C17H11BrFN5O2S/c18-10-7-27-17(14(10)16-20-8-21-23-16)22-12(25)6-24-13(26)5-4-9-2-1-3-11(19)15(9)24/h1-5,7-8H,6H2,(H,22,25)(H,20,21,23). The van der Waals surface area contributed by atoms with Crippen LogP contribution in [-0.2, 0) is 11.3 Å². The number of carbonyl (C=O) groups excluding carboxylic acids is 1. The van der Waals surface area contributed by atoms with Crippen LogP contribution in [0.4, 0.5) is 9.39 Å². The second-order valence-corrected chi connectivity index (χ2v) is 7.34. The minimum Gasteiger partial charge on any atom is -0.315 e. The fraction of sp³-hybridized carbons (Fsp3) is 0.0588. The molecule has 4 aromatic rings. The average Bonchev–Trinajstić information content (AvgIpc) is 3.27. The van der Waals surface area contributed by atoms with Crippen LogP contribution < -0.4 is 10.9 Å². The maximum Gasteiger partial charge on any atom is 0.251 e. The van der Waals surface area contributed by atoms with Gasteiger partial charge in [-0.15, -0.1) is 11.3 Å². The average molecular weight is 448 g/mol. The Kier molecular flexibility index (Phi) is 4.58. The third-order valence-corrected chi connectivity index (χ3v) is 5.74. The van der Waals surface area contributed by atoms with Crippen LogP contribution in [0.5, 0.6) is 0 Å². The topological polar surface area (TPSA) is 92.7 Å². The molecule has 0 saturated carbocycles. The van der Waals surface area contributed by atoms with Gasteiger partial charge in [-0.3, -0.25) is 19.3 Å². The van der Waals surface area contributed by atoms with E-state index in [-0.39, 0.29) is 12.1 Å². The first-order valence-electron chi connectivity index (χ1n) is 7.75. The Morgan fingerprint density at radius 1 is 1.33 bits per heavy atom. The van der Waals surface area contributed by atoms with Crippen molar-refractivity contribution in [3.05, 3.63) is 62.7 Å². The number of thiophene rings is 1. The van der Waals surface area contributed by atoms with Gasteiger partial charge in [0.2, 0.25) is 5.91 Å². The number of fused-ring (bicyclic) bond motifs is 1. The molecular weight excluding hydrogens is 437 g/mol. The molecule has 0 bridgehead atoms. The number of pyridine rings is 1. The van der Waals surface area contributed by atoms with E-state index in [1.54, 1.807) is 17.5 Å². The zero-order valence-electron chi connectivity index (χ0n) is 13.6. The van der Waals surface area contributed by atoms with Gasteiger partial charge in [0, 0.05) is 21.3 Å². The van der Waals surface area contributed by atoms with Crippen LogP contribution in [0.1, 0.15) is 0 Å². The van der Waals surface area contributed by atoms with Gasteiger partial charge in [0.05, 0.1) is 11.1 Å². The molecule has 0 unspecified atom stereocenters. The highest BCUT2D eigenvalue weighted by Gasteiger charge is 2.18. The van der Waals surface area contributed by atoms with Crippen molar-refractivity contribution < 1.29 is 9.18 Å². The largest absolute Gasteiger partial charge is 0.315 e. The zero-order chi connectivity index (χ0) is 19.0. The molecule has 0 radical (unpaired) electrons. The van der Waals surface area contributed by atoms with Crippen LogP contribution in [0.25, 0.3) is 22.3 Å². The third kappa shape index (κ3) is 3.28. The zero-order valence-corrected chi connectivity index (χ0v) is 16.0. The molecule has 10 heteroatoms. The summed E-state index contributed by atoms with van der Waals surface area (Å²) < 4.78 is 16.1. The first-order chi connectivity index (χ1) is 13.0. The Balaban J connectivity index is 1.67. The van der Waals surface area contributed by atoms with Crippen molar-refractivity contribution in [3.63, 3.8) is 0 Å². The molecule has 0 atom stereocenters. The highest BCUT2D eigenvalue weighted by Crippen LogP contribution is 2.38. The van der Waals surface area contributed by atoms with Gasteiger partial charge in [-0.25, -0.2) is 9.37 Å². The minimum atomic E-state index is -0.556. The van der Waals surface area contributed by atoms with Crippen LogP contribution in [0.2, 0.25) is 0 Å². The molecule has 0 spiro atoms. The van der Waals surface area contributed by atoms with Crippen molar-refractivity contribution in [2.24, 2.45) is 0 Å². The predicted octanol–water partition coefficient (Wildman–Crippen LogP) is 3.39. The molecule has 3 heterocycles. The van der Waals surface area contributed by atoms with Gasteiger partial charge in [0.25, 0.3) is 5.56 Å². The second kappa shape index (κ2) is 7.05. The number of aromatic amines is 1. The van der Waals surface area contributed by atoms with Crippen molar-refractivity contribution in [2.45, 2.75) is 6.54 Å². The Morgan fingerprint density at radius 2 is 2.19 bits per heavy atom. The summed E-state index contributed by atoms with van der Waals surface area (Å²) >= 11 is 4.71. The van der Waals surface area contributed by atoms with E-state index in [9.17, 15) is 14.0 Å². The molecule has 7 nitrogen and oxygen atoms in total. The fourth-order valence-corrected chi connectivity index (χ4v) is 4.39. The van der Waals surface area contributed by atoms with E-state index in [0.717, 1.165) is 9.04 Å². The summed E-state index contributed by atoms with van der Waals surface area (Å²) in [6, 6.07) is 7.35. The Bertz CT molecular complexity index is 1200. The lowest BCUT2D eigenvalue weighted by Gasteiger charge is -2.11. The van der Waals surface area contributed by atoms with Crippen LogP contribution >= 0.6 is 27.3 Å². The number of nitrogens with zero attached hydrogens (tertiary/aromatic N) is 3. The maximum absolute atomic E-state index is 14.2. The number of rotatable bonds is 4. The van der Waals surface area contributed by atoms with E-state index < -0.39 is 17.3 Å². The number of benzene rings is 1. The Labute approximate surface area is 164 Å². The molecule has 1 aromatic carbocycles. The molecule has 27 heavy (non-hydrogen) atoms. The van der Waals surface area contributed by atoms with Crippen LogP contribution in [-0.4, -0.2) is 25.7 Å². The molecule has 0 aliphatic carbocycles. The molecule has 2 N–H and O–H groups in total. The summed E-state index contributed by atoms with van der Waals surface area (Å²) in [7, 11) is 0. The fourth-order valence-electron chi connectivity index (χ4n) is 2.75. The number of carbonyl (C=O) groups is 1. The molecule has 0 fully saturated rings. The van der Waals surface area contributed by atoms with Gasteiger partial charge in [-0.2, -0.15) is 5.10 Å². The van der Waals surface area contributed by atoms with Crippen LogP contribution in [0.15, 0.2) is 51.3 Å². The van der Waals surface area contributed by atoms with Gasteiger partial charge >= 0.3 is 0 Å². The van der Waals surface area contributed by atoms with Crippen LogP contribution in [0, 0.1) is 5.82 Å².